The molecule has 5 heteroatoms. The van der Waals surface area contributed by atoms with Gasteiger partial charge in [0.2, 0.25) is 0 Å². The fraction of sp³-hybridized carbons (Fsp3) is 0.286. The van der Waals surface area contributed by atoms with E-state index in [4.69, 9.17) is 0 Å². The third-order valence-electron chi connectivity index (χ3n) is 2.78. The molecule has 0 unspecified atom stereocenters. The Morgan fingerprint density at radius 1 is 1.47 bits per heavy atom. The lowest BCUT2D eigenvalue weighted by atomic mass is 10.2. The number of aromatic nitrogens is 1. The van der Waals surface area contributed by atoms with Crippen LogP contribution in [0.1, 0.15) is 20.9 Å². The predicted molar refractivity (Wildman–Crippen MR) is 78.6 cm³/mol. The Bertz CT molecular complexity index is 566. The molecule has 0 aliphatic rings. The number of nitrogens with zero attached hydrogens (tertiary/aromatic N) is 2. The van der Waals surface area contributed by atoms with Crippen LogP contribution in [-0.4, -0.2) is 29.9 Å². The molecule has 1 N–H and O–H groups in total. The standard InChI is InChI=1S/C14H17N3OS/c1-10-7-11(8-13(15-2)16-10)14(18)17(3)9-12-5-4-6-19-12/h4-8H,9H2,1-3H3,(H,15,16). The first-order valence-corrected chi connectivity index (χ1v) is 6.92. The highest BCUT2D eigenvalue weighted by atomic mass is 32.1. The van der Waals surface area contributed by atoms with Crippen LogP contribution in [0.5, 0.6) is 0 Å². The summed E-state index contributed by atoms with van der Waals surface area (Å²) < 4.78 is 0. The first kappa shape index (κ1) is 13.5. The van der Waals surface area contributed by atoms with Crippen molar-refractivity contribution in [3.63, 3.8) is 0 Å². The van der Waals surface area contributed by atoms with Crippen LogP contribution in [0.4, 0.5) is 5.82 Å². The molecule has 1 amide bonds. The molecule has 0 aliphatic carbocycles. The molecule has 100 valence electrons. The summed E-state index contributed by atoms with van der Waals surface area (Å²) in [5.74, 6) is 0.725. The smallest absolute Gasteiger partial charge is 0.254 e. The lowest BCUT2D eigenvalue weighted by molar-refractivity contribution is 0.0786. The zero-order valence-corrected chi connectivity index (χ0v) is 12.1. The van der Waals surface area contributed by atoms with Crippen LogP contribution in [0.25, 0.3) is 0 Å². The van der Waals surface area contributed by atoms with Crippen molar-refractivity contribution in [2.24, 2.45) is 0 Å². The number of thiophene rings is 1. The Morgan fingerprint density at radius 2 is 2.26 bits per heavy atom. The Balaban J connectivity index is 2.16. The molecule has 0 spiro atoms. The van der Waals surface area contributed by atoms with Gasteiger partial charge in [0, 0.05) is 30.2 Å². The van der Waals surface area contributed by atoms with Gasteiger partial charge in [0.05, 0.1) is 6.54 Å². The summed E-state index contributed by atoms with van der Waals surface area (Å²) in [6, 6.07) is 7.62. The van der Waals surface area contributed by atoms with E-state index in [-0.39, 0.29) is 5.91 Å². The normalized spacial score (nSPS) is 10.3. The van der Waals surface area contributed by atoms with Crippen LogP contribution < -0.4 is 5.32 Å². The molecule has 19 heavy (non-hydrogen) atoms. The van der Waals surface area contributed by atoms with Gasteiger partial charge in [0.1, 0.15) is 5.82 Å². The molecule has 0 atom stereocenters. The molecular formula is C14H17N3OS. The predicted octanol–water partition coefficient (Wildman–Crippen LogP) is 2.77. The van der Waals surface area contributed by atoms with Gasteiger partial charge in [0.25, 0.3) is 5.91 Å². The second kappa shape index (κ2) is 5.84. The Labute approximate surface area is 117 Å². The molecule has 2 heterocycles. The fourth-order valence-corrected chi connectivity index (χ4v) is 2.61. The number of hydrogen-bond donors (Lipinski definition) is 1. The summed E-state index contributed by atoms with van der Waals surface area (Å²) in [7, 11) is 3.61. The van der Waals surface area contributed by atoms with Gasteiger partial charge in [-0.1, -0.05) is 6.07 Å². The third kappa shape index (κ3) is 3.32. The van der Waals surface area contributed by atoms with Gasteiger partial charge in [-0.05, 0) is 30.5 Å². The minimum atomic E-state index is 0.00963. The van der Waals surface area contributed by atoms with Crippen molar-refractivity contribution in [3.8, 4) is 0 Å². The zero-order valence-electron chi connectivity index (χ0n) is 11.3. The summed E-state index contributed by atoms with van der Waals surface area (Å²) in [5, 5.41) is 4.98. The first-order valence-electron chi connectivity index (χ1n) is 6.04. The minimum absolute atomic E-state index is 0.00963. The molecule has 0 aromatic carbocycles. The zero-order chi connectivity index (χ0) is 13.8. The number of aryl methyl sites for hydroxylation is 1. The van der Waals surface area contributed by atoms with Gasteiger partial charge in [-0.3, -0.25) is 4.79 Å². The van der Waals surface area contributed by atoms with E-state index in [1.165, 1.54) is 4.88 Å². The third-order valence-corrected chi connectivity index (χ3v) is 3.64. The fourth-order valence-electron chi connectivity index (χ4n) is 1.85. The van der Waals surface area contributed by atoms with Crippen LogP contribution in [0, 0.1) is 6.92 Å². The summed E-state index contributed by atoms with van der Waals surface area (Å²) in [5.41, 5.74) is 1.50. The first-order chi connectivity index (χ1) is 9.10. The SMILES string of the molecule is CNc1cc(C(=O)N(C)Cc2cccs2)cc(C)n1. The highest BCUT2D eigenvalue weighted by molar-refractivity contribution is 7.09. The minimum Gasteiger partial charge on any atom is -0.373 e. The second-order valence-corrected chi connectivity index (χ2v) is 5.41. The van der Waals surface area contributed by atoms with Crippen LogP contribution in [0.2, 0.25) is 0 Å². The number of nitrogens with one attached hydrogen (secondary N) is 1. The molecule has 0 aliphatic heterocycles. The summed E-state index contributed by atoms with van der Waals surface area (Å²) in [6.07, 6.45) is 0. The Hall–Kier alpha value is -1.88. The van der Waals surface area contributed by atoms with Crippen molar-refractivity contribution in [1.29, 1.82) is 0 Å². The maximum atomic E-state index is 12.4. The van der Waals surface area contributed by atoms with Gasteiger partial charge < -0.3 is 10.2 Å². The quantitative estimate of drug-likeness (QED) is 0.933. The van der Waals surface area contributed by atoms with Gasteiger partial charge in [-0.25, -0.2) is 4.98 Å². The average Bonchev–Trinajstić information content (AvgIpc) is 2.89. The second-order valence-electron chi connectivity index (χ2n) is 4.37. The summed E-state index contributed by atoms with van der Waals surface area (Å²) >= 11 is 1.66. The number of pyridine rings is 1. The topological polar surface area (TPSA) is 45.2 Å². The molecule has 0 fully saturated rings. The van der Waals surface area contributed by atoms with Crippen molar-refractivity contribution in [1.82, 2.24) is 9.88 Å². The molecule has 2 aromatic heterocycles. The molecule has 4 nitrogen and oxygen atoms in total. The van der Waals surface area contributed by atoms with Crippen molar-refractivity contribution in [3.05, 3.63) is 45.8 Å². The van der Waals surface area contributed by atoms with E-state index >= 15 is 0 Å². The highest BCUT2D eigenvalue weighted by Gasteiger charge is 2.14. The van der Waals surface area contributed by atoms with Gasteiger partial charge in [-0.15, -0.1) is 11.3 Å². The van der Waals surface area contributed by atoms with E-state index in [1.54, 1.807) is 29.4 Å². The average molecular weight is 275 g/mol. The number of amides is 1. The Kier molecular flexibility index (Phi) is 4.16. The molecule has 0 radical (unpaired) electrons. The van der Waals surface area contributed by atoms with E-state index in [1.807, 2.05) is 37.6 Å². The van der Waals surface area contributed by atoms with Crippen LogP contribution in [0.3, 0.4) is 0 Å². The van der Waals surface area contributed by atoms with E-state index in [9.17, 15) is 4.79 Å². The number of carbonyl (C=O) groups is 1. The number of rotatable bonds is 4. The van der Waals surface area contributed by atoms with Crippen LogP contribution in [0.15, 0.2) is 29.6 Å². The molecular weight excluding hydrogens is 258 g/mol. The molecule has 0 bridgehead atoms. The van der Waals surface area contributed by atoms with E-state index < -0.39 is 0 Å². The molecule has 0 saturated carbocycles. The Morgan fingerprint density at radius 3 is 2.89 bits per heavy atom. The van der Waals surface area contributed by atoms with Crippen molar-refractivity contribution in [2.45, 2.75) is 13.5 Å². The van der Waals surface area contributed by atoms with Crippen LogP contribution in [-0.2, 0) is 6.54 Å². The maximum absolute atomic E-state index is 12.4. The van der Waals surface area contributed by atoms with Crippen LogP contribution >= 0.6 is 11.3 Å². The van der Waals surface area contributed by atoms with Gasteiger partial charge >= 0.3 is 0 Å². The van der Waals surface area contributed by atoms with E-state index in [0.717, 1.165) is 5.69 Å². The monoisotopic (exact) mass is 275 g/mol. The lowest BCUT2D eigenvalue weighted by Gasteiger charge is -2.17. The van der Waals surface area contributed by atoms with Crippen molar-refractivity contribution < 1.29 is 4.79 Å². The maximum Gasteiger partial charge on any atom is 0.254 e. The van der Waals surface area contributed by atoms with Gasteiger partial charge in [-0.2, -0.15) is 0 Å². The molecule has 2 rings (SSSR count). The highest BCUT2D eigenvalue weighted by Crippen LogP contribution is 2.15. The number of carbonyl (C=O) groups excluding carboxylic acids is 1. The van der Waals surface area contributed by atoms with E-state index in [2.05, 4.69) is 10.3 Å². The lowest BCUT2D eigenvalue weighted by Crippen LogP contribution is -2.26. The molecule has 2 aromatic rings. The summed E-state index contributed by atoms with van der Waals surface area (Å²) in [4.78, 5) is 19.6. The van der Waals surface area contributed by atoms with E-state index in [0.29, 0.717) is 17.9 Å². The molecule has 0 saturated heterocycles. The summed E-state index contributed by atoms with van der Waals surface area (Å²) in [6.45, 7) is 2.52. The number of hydrogen-bond acceptors (Lipinski definition) is 4. The largest absolute Gasteiger partial charge is 0.373 e. The van der Waals surface area contributed by atoms with Crippen molar-refractivity contribution in [2.75, 3.05) is 19.4 Å². The van der Waals surface area contributed by atoms with Crippen molar-refractivity contribution >= 4 is 23.1 Å². The van der Waals surface area contributed by atoms with Gasteiger partial charge in [0.15, 0.2) is 0 Å². The number of anilines is 1.